The Bertz CT molecular complexity index is 309. The van der Waals surface area contributed by atoms with Crippen LogP contribution in [0.4, 0.5) is 0 Å². The van der Waals surface area contributed by atoms with Gasteiger partial charge in [-0.1, -0.05) is 20.3 Å². The van der Waals surface area contributed by atoms with E-state index in [9.17, 15) is 4.79 Å². The maximum Gasteiger partial charge on any atom is 0.239 e. The molecular weight excluding hydrogens is 252 g/mol. The van der Waals surface area contributed by atoms with Crippen molar-refractivity contribution in [3.63, 3.8) is 0 Å². The third kappa shape index (κ3) is 4.19. The fourth-order valence-corrected chi connectivity index (χ4v) is 3.33. The van der Waals surface area contributed by atoms with Crippen molar-refractivity contribution in [3.8, 4) is 0 Å². The average molecular weight is 282 g/mol. The van der Waals surface area contributed by atoms with Crippen molar-refractivity contribution >= 4 is 5.91 Å². The topological polar surface area (TPSA) is 41.6 Å². The summed E-state index contributed by atoms with van der Waals surface area (Å²) >= 11 is 0. The number of carbonyl (C=O) groups is 1. The predicted octanol–water partition coefficient (Wildman–Crippen LogP) is 2.18. The van der Waals surface area contributed by atoms with Crippen molar-refractivity contribution in [2.24, 2.45) is 5.92 Å². The first-order valence-electron chi connectivity index (χ1n) is 8.38. The standard InChI is InChI=1S/C16H30N2O2/c1-3-10-20-14-6-5-9-18(12-14)16(19)15-11-13(4-2)7-8-17-15/h13-15,17H,3-12H2,1-2H3. The second-order valence-corrected chi connectivity index (χ2v) is 6.22. The summed E-state index contributed by atoms with van der Waals surface area (Å²) in [5.41, 5.74) is 0. The number of hydrogen-bond donors (Lipinski definition) is 1. The molecule has 0 aliphatic carbocycles. The lowest BCUT2D eigenvalue weighted by Crippen LogP contribution is -2.53. The van der Waals surface area contributed by atoms with Crippen LogP contribution in [-0.4, -0.2) is 49.2 Å². The summed E-state index contributed by atoms with van der Waals surface area (Å²) in [6.07, 6.45) is 6.87. The van der Waals surface area contributed by atoms with Crippen LogP contribution in [0.1, 0.15) is 52.4 Å². The molecule has 2 saturated heterocycles. The summed E-state index contributed by atoms with van der Waals surface area (Å²) in [6, 6.07) is 0.0404. The average Bonchev–Trinajstić information content (AvgIpc) is 2.52. The van der Waals surface area contributed by atoms with E-state index in [4.69, 9.17) is 4.74 Å². The predicted molar refractivity (Wildman–Crippen MR) is 80.7 cm³/mol. The molecule has 3 atom stereocenters. The first-order chi connectivity index (χ1) is 9.74. The normalized spacial score (nSPS) is 31.3. The largest absolute Gasteiger partial charge is 0.376 e. The molecule has 4 heteroatoms. The van der Waals surface area contributed by atoms with Crippen LogP contribution in [0.3, 0.4) is 0 Å². The zero-order chi connectivity index (χ0) is 14.4. The second kappa shape index (κ2) is 7.99. The Kier molecular flexibility index (Phi) is 6.30. The van der Waals surface area contributed by atoms with Gasteiger partial charge in [-0.15, -0.1) is 0 Å². The first-order valence-corrected chi connectivity index (χ1v) is 8.38. The van der Waals surface area contributed by atoms with Gasteiger partial charge in [-0.25, -0.2) is 0 Å². The van der Waals surface area contributed by atoms with Crippen molar-refractivity contribution in [3.05, 3.63) is 0 Å². The molecule has 2 aliphatic heterocycles. The Morgan fingerprint density at radius 3 is 2.95 bits per heavy atom. The Balaban J connectivity index is 1.84. The van der Waals surface area contributed by atoms with Crippen LogP contribution in [0.25, 0.3) is 0 Å². The lowest BCUT2D eigenvalue weighted by Gasteiger charge is -2.37. The van der Waals surface area contributed by atoms with E-state index in [-0.39, 0.29) is 12.1 Å². The van der Waals surface area contributed by atoms with E-state index in [1.54, 1.807) is 0 Å². The number of nitrogens with one attached hydrogen (secondary N) is 1. The van der Waals surface area contributed by atoms with Gasteiger partial charge < -0.3 is 15.0 Å². The molecule has 3 unspecified atom stereocenters. The summed E-state index contributed by atoms with van der Waals surface area (Å²) < 4.78 is 5.83. The molecule has 2 aliphatic rings. The van der Waals surface area contributed by atoms with Crippen molar-refractivity contribution in [1.29, 1.82) is 0 Å². The van der Waals surface area contributed by atoms with E-state index in [1.165, 1.54) is 12.8 Å². The Hall–Kier alpha value is -0.610. The number of hydrogen-bond acceptors (Lipinski definition) is 3. The van der Waals surface area contributed by atoms with E-state index in [1.807, 2.05) is 4.90 Å². The van der Waals surface area contributed by atoms with Crippen LogP contribution in [0.5, 0.6) is 0 Å². The summed E-state index contributed by atoms with van der Waals surface area (Å²) in [6.45, 7) is 7.84. The second-order valence-electron chi connectivity index (χ2n) is 6.22. The fraction of sp³-hybridized carbons (Fsp3) is 0.938. The van der Waals surface area contributed by atoms with Crippen LogP contribution in [0.2, 0.25) is 0 Å². The van der Waals surface area contributed by atoms with Gasteiger partial charge in [-0.3, -0.25) is 4.79 Å². The minimum Gasteiger partial charge on any atom is -0.376 e. The minimum atomic E-state index is 0.0404. The number of nitrogens with zero attached hydrogens (tertiary/aromatic N) is 1. The third-order valence-electron chi connectivity index (χ3n) is 4.64. The third-order valence-corrected chi connectivity index (χ3v) is 4.64. The van der Waals surface area contributed by atoms with E-state index in [0.717, 1.165) is 51.9 Å². The van der Waals surface area contributed by atoms with Gasteiger partial charge in [0.1, 0.15) is 0 Å². The van der Waals surface area contributed by atoms with E-state index in [0.29, 0.717) is 11.8 Å². The lowest BCUT2D eigenvalue weighted by atomic mass is 9.89. The van der Waals surface area contributed by atoms with Gasteiger partial charge in [0.15, 0.2) is 0 Å². The van der Waals surface area contributed by atoms with Crippen LogP contribution in [-0.2, 0) is 9.53 Å². The van der Waals surface area contributed by atoms with Crippen LogP contribution < -0.4 is 5.32 Å². The number of rotatable bonds is 5. The van der Waals surface area contributed by atoms with Gasteiger partial charge in [-0.2, -0.15) is 0 Å². The number of likely N-dealkylation sites (tertiary alicyclic amines) is 1. The van der Waals surface area contributed by atoms with Crippen molar-refractivity contribution in [2.75, 3.05) is 26.2 Å². The smallest absolute Gasteiger partial charge is 0.239 e. The molecule has 0 saturated carbocycles. The van der Waals surface area contributed by atoms with Crippen LogP contribution in [0.15, 0.2) is 0 Å². The maximum atomic E-state index is 12.6. The molecule has 2 heterocycles. The van der Waals surface area contributed by atoms with Gasteiger partial charge in [0, 0.05) is 19.7 Å². The molecule has 0 aromatic carbocycles. The molecule has 20 heavy (non-hydrogen) atoms. The molecule has 1 amide bonds. The zero-order valence-corrected chi connectivity index (χ0v) is 13.1. The molecule has 0 bridgehead atoms. The number of amides is 1. The molecule has 2 fully saturated rings. The molecular formula is C16H30N2O2. The minimum absolute atomic E-state index is 0.0404. The number of carbonyl (C=O) groups excluding carboxylic acids is 1. The summed E-state index contributed by atoms with van der Waals surface area (Å²) in [7, 11) is 0. The Morgan fingerprint density at radius 2 is 2.20 bits per heavy atom. The number of piperidine rings is 2. The zero-order valence-electron chi connectivity index (χ0n) is 13.1. The quantitative estimate of drug-likeness (QED) is 0.840. The highest BCUT2D eigenvalue weighted by Crippen LogP contribution is 2.22. The molecule has 0 aromatic heterocycles. The number of ether oxygens (including phenoxy) is 1. The molecule has 0 aromatic rings. The molecule has 1 N–H and O–H groups in total. The molecule has 116 valence electrons. The van der Waals surface area contributed by atoms with Gasteiger partial charge in [0.05, 0.1) is 12.1 Å². The monoisotopic (exact) mass is 282 g/mol. The molecule has 0 radical (unpaired) electrons. The molecule has 2 rings (SSSR count). The highest BCUT2D eigenvalue weighted by Gasteiger charge is 2.32. The summed E-state index contributed by atoms with van der Waals surface area (Å²) in [5, 5.41) is 3.41. The van der Waals surface area contributed by atoms with Crippen molar-refractivity contribution in [2.45, 2.75) is 64.5 Å². The Labute approximate surface area is 123 Å². The van der Waals surface area contributed by atoms with Crippen LogP contribution >= 0.6 is 0 Å². The lowest BCUT2D eigenvalue weighted by molar-refractivity contribution is -0.138. The summed E-state index contributed by atoms with van der Waals surface area (Å²) in [4.78, 5) is 14.7. The van der Waals surface area contributed by atoms with Crippen LogP contribution in [0, 0.1) is 5.92 Å². The van der Waals surface area contributed by atoms with Gasteiger partial charge >= 0.3 is 0 Å². The SMILES string of the molecule is CCCOC1CCCN(C(=O)C2CC(CC)CCN2)C1. The maximum absolute atomic E-state index is 12.6. The van der Waals surface area contributed by atoms with E-state index in [2.05, 4.69) is 19.2 Å². The van der Waals surface area contributed by atoms with Crippen molar-refractivity contribution < 1.29 is 9.53 Å². The van der Waals surface area contributed by atoms with Gasteiger partial charge in [0.25, 0.3) is 0 Å². The highest BCUT2D eigenvalue weighted by molar-refractivity contribution is 5.82. The highest BCUT2D eigenvalue weighted by atomic mass is 16.5. The van der Waals surface area contributed by atoms with Crippen molar-refractivity contribution in [1.82, 2.24) is 10.2 Å². The molecule has 4 nitrogen and oxygen atoms in total. The Morgan fingerprint density at radius 1 is 1.35 bits per heavy atom. The van der Waals surface area contributed by atoms with Gasteiger partial charge in [-0.05, 0) is 44.6 Å². The molecule has 0 spiro atoms. The van der Waals surface area contributed by atoms with E-state index >= 15 is 0 Å². The van der Waals surface area contributed by atoms with Gasteiger partial charge in [0.2, 0.25) is 5.91 Å². The van der Waals surface area contributed by atoms with E-state index < -0.39 is 0 Å². The fourth-order valence-electron chi connectivity index (χ4n) is 3.33. The first kappa shape index (κ1) is 15.8. The summed E-state index contributed by atoms with van der Waals surface area (Å²) in [5.74, 6) is 1.01.